The first-order valence-corrected chi connectivity index (χ1v) is 8.70. The maximum absolute atomic E-state index is 12.9. The Morgan fingerprint density at radius 3 is 2.65 bits per heavy atom. The fraction of sp³-hybridized carbons (Fsp3) is 0.350. The lowest BCUT2D eigenvalue weighted by molar-refractivity contribution is -0.126. The van der Waals surface area contributed by atoms with E-state index in [1.165, 1.54) is 12.1 Å². The Labute approximate surface area is 152 Å². The highest BCUT2D eigenvalue weighted by molar-refractivity contribution is 5.82. The molecule has 2 aromatic carbocycles. The predicted octanol–water partition coefficient (Wildman–Crippen LogP) is 2.57. The number of ether oxygens (including phenoxy) is 2. The van der Waals surface area contributed by atoms with E-state index in [4.69, 9.17) is 9.47 Å². The maximum atomic E-state index is 12.9. The van der Waals surface area contributed by atoms with Gasteiger partial charge in [0, 0.05) is 6.54 Å². The number of benzene rings is 2. The van der Waals surface area contributed by atoms with E-state index < -0.39 is 0 Å². The van der Waals surface area contributed by atoms with Crippen LogP contribution in [0.1, 0.15) is 24.1 Å². The number of carbonyl (C=O) groups is 1. The van der Waals surface area contributed by atoms with Crippen LogP contribution in [0.4, 0.5) is 4.39 Å². The molecule has 1 fully saturated rings. The molecule has 1 heterocycles. The molecule has 0 bridgehead atoms. The molecule has 2 N–H and O–H groups in total. The van der Waals surface area contributed by atoms with Crippen molar-refractivity contribution in [2.45, 2.75) is 25.6 Å². The van der Waals surface area contributed by atoms with Crippen LogP contribution in [0.25, 0.3) is 0 Å². The second-order valence-corrected chi connectivity index (χ2v) is 6.30. The molecule has 0 radical (unpaired) electrons. The highest BCUT2D eigenvalue weighted by atomic mass is 19.1. The summed E-state index contributed by atoms with van der Waals surface area (Å²) < 4.78 is 23.9. The van der Waals surface area contributed by atoms with Gasteiger partial charge in [-0.3, -0.25) is 4.79 Å². The van der Waals surface area contributed by atoms with E-state index in [9.17, 15) is 9.18 Å². The lowest BCUT2D eigenvalue weighted by Gasteiger charge is -2.25. The summed E-state index contributed by atoms with van der Waals surface area (Å²) in [6, 6.07) is 13.4. The molecule has 1 aliphatic rings. The van der Waals surface area contributed by atoms with Crippen molar-refractivity contribution in [1.82, 2.24) is 10.6 Å². The third-order valence-electron chi connectivity index (χ3n) is 4.30. The van der Waals surface area contributed by atoms with E-state index in [1.807, 2.05) is 31.2 Å². The van der Waals surface area contributed by atoms with Gasteiger partial charge in [0.05, 0.1) is 19.3 Å². The normalized spacial score (nSPS) is 18.2. The van der Waals surface area contributed by atoms with Gasteiger partial charge in [0.25, 0.3) is 0 Å². The van der Waals surface area contributed by atoms with E-state index in [1.54, 1.807) is 12.1 Å². The lowest BCUT2D eigenvalue weighted by Crippen LogP contribution is -2.51. The molecule has 2 unspecified atom stereocenters. The Morgan fingerprint density at radius 1 is 1.27 bits per heavy atom. The summed E-state index contributed by atoms with van der Waals surface area (Å²) in [5.41, 5.74) is 1.89. The average molecular weight is 358 g/mol. The van der Waals surface area contributed by atoms with Gasteiger partial charge in [0.15, 0.2) is 0 Å². The topological polar surface area (TPSA) is 59.6 Å². The van der Waals surface area contributed by atoms with Crippen LogP contribution in [0.3, 0.4) is 0 Å². The zero-order valence-electron chi connectivity index (χ0n) is 14.7. The summed E-state index contributed by atoms with van der Waals surface area (Å²) in [6.07, 6.45) is 0. The molecule has 3 rings (SSSR count). The molecule has 1 aliphatic heterocycles. The number of carbonyl (C=O) groups excluding carboxylic acids is 1. The summed E-state index contributed by atoms with van der Waals surface area (Å²) in [6.45, 7) is 4.04. The fourth-order valence-electron chi connectivity index (χ4n) is 2.73. The maximum Gasteiger partial charge on any atom is 0.240 e. The number of morpholine rings is 1. The van der Waals surface area contributed by atoms with Crippen LogP contribution in [0.5, 0.6) is 5.75 Å². The van der Waals surface area contributed by atoms with Crippen molar-refractivity contribution >= 4 is 5.91 Å². The number of hydrogen-bond acceptors (Lipinski definition) is 4. The van der Waals surface area contributed by atoms with Crippen molar-refractivity contribution in [2.75, 3.05) is 19.8 Å². The largest absolute Gasteiger partial charge is 0.489 e. The first-order valence-electron chi connectivity index (χ1n) is 8.70. The molecule has 0 aliphatic carbocycles. The Kier molecular flexibility index (Phi) is 6.20. The molecular weight excluding hydrogens is 335 g/mol. The highest BCUT2D eigenvalue weighted by Crippen LogP contribution is 2.19. The first-order chi connectivity index (χ1) is 12.6. The van der Waals surface area contributed by atoms with Crippen molar-refractivity contribution in [1.29, 1.82) is 0 Å². The molecule has 5 nitrogen and oxygen atoms in total. The summed E-state index contributed by atoms with van der Waals surface area (Å²) >= 11 is 0. The number of nitrogens with one attached hydrogen (secondary N) is 2. The molecule has 1 amide bonds. The first kappa shape index (κ1) is 18.4. The van der Waals surface area contributed by atoms with Crippen molar-refractivity contribution < 1.29 is 18.7 Å². The van der Waals surface area contributed by atoms with Crippen LogP contribution >= 0.6 is 0 Å². The van der Waals surface area contributed by atoms with Crippen LogP contribution in [0.2, 0.25) is 0 Å². The second-order valence-electron chi connectivity index (χ2n) is 6.30. The Hall–Kier alpha value is -2.44. The number of hydrogen-bond donors (Lipinski definition) is 2. The number of rotatable bonds is 6. The number of amides is 1. The fourth-order valence-corrected chi connectivity index (χ4v) is 2.73. The minimum Gasteiger partial charge on any atom is -0.489 e. The van der Waals surface area contributed by atoms with E-state index in [2.05, 4.69) is 10.6 Å². The van der Waals surface area contributed by atoms with Gasteiger partial charge in [0.2, 0.25) is 5.91 Å². The third-order valence-corrected chi connectivity index (χ3v) is 4.30. The van der Waals surface area contributed by atoms with Crippen molar-refractivity contribution in [3.8, 4) is 5.75 Å². The van der Waals surface area contributed by atoms with E-state index in [0.29, 0.717) is 26.4 Å². The minimum atomic E-state index is -0.301. The molecular formula is C20H23FN2O3. The van der Waals surface area contributed by atoms with Gasteiger partial charge in [-0.05, 0) is 42.3 Å². The predicted molar refractivity (Wildman–Crippen MR) is 96.3 cm³/mol. The van der Waals surface area contributed by atoms with Crippen molar-refractivity contribution in [3.63, 3.8) is 0 Å². The SMILES string of the molecule is CC(NC(=O)C1COCCN1)c1ccc(OCc2ccc(F)cc2)cc1. The molecule has 6 heteroatoms. The van der Waals surface area contributed by atoms with E-state index in [-0.39, 0.29) is 23.8 Å². The molecule has 2 atom stereocenters. The summed E-state index contributed by atoms with van der Waals surface area (Å²) in [4.78, 5) is 12.2. The quantitative estimate of drug-likeness (QED) is 0.833. The van der Waals surface area contributed by atoms with Gasteiger partial charge in [-0.1, -0.05) is 24.3 Å². The van der Waals surface area contributed by atoms with Crippen molar-refractivity contribution in [3.05, 3.63) is 65.5 Å². The smallest absolute Gasteiger partial charge is 0.240 e. The standard InChI is InChI=1S/C20H23FN2O3/c1-14(23-20(24)19-13-25-11-10-22-19)16-4-8-18(9-5-16)26-12-15-2-6-17(21)7-3-15/h2-9,14,19,22H,10-13H2,1H3,(H,23,24). The summed E-state index contributed by atoms with van der Waals surface area (Å²) in [5, 5.41) is 6.13. The zero-order valence-corrected chi connectivity index (χ0v) is 14.7. The Bertz CT molecular complexity index is 713. The molecule has 0 aromatic heterocycles. The number of halogens is 1. The summed E-state index contributed by atoms with van der Waals surface area (Å²) in [7, 11) is 0. The van der Waals surface area contributed by atoms with Gasteiger partial charge in [0.1, 0.15) is 24.2 Å². The van der Waals surface area contributed by atoms with E-state index in [0.717, 1.165) is 16.9 Å². The van der Waals surface area contributed by atoms with Gasteiger partial charge in [-0.25, -0.2) is 4.39 Å². The van der Waals surface area contributed by atoms with E-state index >= 15 is 0 Å². The highest BCUT2D eigenvalue weighted by Gasteiger charge is 2.22. The molecule has 2 aromatic rings. The van der Waals surface area contributed by atoms with Crippen LogP contribution in [0, 0.1) is 5.82 Å². The average Bonchev–Trinajstić information content (AvgIpc) is 2.68. The van der Waals surface area contributed by atoms with Crippen LogP contribution in [-0.4, -0.2) is 31.7 Å². The molecule has 138 valence electrons. The van der Waals surface area contributed by atoms with Gasteiger partial charge in [-0.2, -0.15) is 0 Å². The van der Waals surface area contributed by atoms with Gasteiger partial charge >= 0.3 is 0 Å². The second kappa shape index (κ2) is 8.78. The Balaban J connectivity index is 1.51. The summed E-state index contributed by atoms with van der Waals surface area (Å²) in [5.74, 6) is 0.400. The minimum absolute atomic E-state index is 0.0613. The van der Waals surface area contributed by atoms with Crippen LogP contribution in [-0.2, 0) is 16.1 Å². The molecule has 26 heavy (non-hydrogen) atoms. The molecule has 1 saturated heterocycles. The van der Waals surface area contributed by atoms with Crippen molar-refractivity contribution in [2.24, 2.45) is 0 Å². The molecule has 0 saturated carbocycles. The van der Waals surface area contributed by atoms with Crippen LogP contribution < -0.4 is 15.4 Å². The molecule has 0 spiro atoms. The Morgan fingerprint density at radius 2 is 2.00 bits per heavy atom. The monoisotopic (exact) mass is 358 g/mol. The zero-order chi connectivity index (χ0) is 18.4. The van der Waals surface area contributed by atoms with Gasteiger partial charge < -0.3 is 20.1 Å². The van der Waals surface area contributed by atoms with Gasteiger partial charge in [-0.15, -0.1) is 0 Å². The van der Waals surface area contributed by atoms with Crippen LogP contribution in [0.15, 0.2) is 48.5 Å². The third kappa shape index (κ3) is 5.03. The lowest BCUT2D eigenvalue weighted by atomic mass is 10.1.